The van der Waals surface area contributed by atoms with Gasteiger partial charge in [-0.05, 0) is 40.5 Å². The van der Waals surface area contributed by atoms with Crippen molar-refractivity contribution in [2.75, 3.05) is 10.5 Å². The Bertz CT molecular complexity index is 701. The first-order valence-corrected chi connectivity index (χ1v) is 7.52. The number of nitrogens with one attached hydrogen (secondary N) is 1. The molecule has 2 rings (SSSR count). The monoisotopic (exact) mass is 342 g/mol. The number of benzene rings is 1. The van der Waals surface area contributed by atoms with Crippen LogP contribution in [0.25, 0.3) is 0 Å². The van der Waals surface area contributed by atoms with E-state index in [1.165, 1.54) is 18.5 Å². The summed E-state index contributed by atoms with van der Waals surface area (Å²) in [6.45, 7) is 1.69. The van der Waals surface area contributed by atoms with Gasteiger partial charge < -0.3 is 5.73 Å². The predicted octanol–water partition coefficient (Wildman–Crippen LogP) is 1.93. The lowest BCUT2D eigenvalue weighted by atomic mass is 10.2. The summed E-state index contributed by atoms with van der Waals surface area (Å²) in [5.41, 5.74) is 6.58. The van der Waals surface area contributed by atoms with E-state index in [9.17, 15) is 8.42 Å². The number of nitrogen functional groups attached to an aromatic ring is 1. The van der Waals surface area contributed by atoms with Gasteiger partial charge in [0.1, 0.15) is 0 Å². The minimum absolute atomic E-state index is 0.00465. The maximum absolute atomic E-state index is 12.2. The van der Waals surface area contributed by atoms with E-state index in [-0.39, 0.29) is 10.8 Å². The second-order valence-electron chi connectivity index (χ2n) is 3.86. The zero-order chi connectivity index (χ0) is 14.0. The summed E-state index contributed by atoms with van der Waals surface area (Å²) in [6.07, 6.45) is 2.91. The molecule has 19 heavy (non-hydrogen) atoms. The van der Waals surface area contributed by atoms with Gasteiger partial charge in [-0.15, -0.1) is 0 Å². The number of sulfonamides is 1. The molecule has 0 fully saturated rings. The normalized spacial score (nSPS) is 11.3. The summed E-state index contributed by atoms with van der Waals surface area (Å²) in [7, 11) is -3.75. The Morgan fingerprint density at radius 1 is 1.26 bits per heavy atom. The zero-order valence-corrected chi connectivity index (χ0v) is 12.4. The molecule has 0 saturated heterocycles. The molecule has 1 aromatic carbocycles. The number of halogens is 1. The molecule has 3 N–H and O–H groups in total. The van der Waals surface area contributed by atoms with Gasteiger partial charge in [-0.2, -0.15) is 0 Å². The molecular weight excluding hydrogens is 332 g/mol. The van der Waals surface area contributed by atoms with Gasteiger partial charge in [0.25, 0.3) is 10.0 Å². The van der Waals surface area contributed by atoms with Crippen LogP contribution in [0.4, 0.5) is 11.6 Å². The molecule has 0 bridgehead atoms. The third kappa shape index (κ3) is 3.21. The number of rotatable bonds is 3. The fraction of sp³-hybridized carbons (Fsp3) is 0.0909. The Balaban J connectivity index is 2.37. The van der Waals surface area contributed by atoms with E-state index in [0.29, 0.717) is 15.7 Å². The first kappa shape index (κ1) is 13.8. The number of aryl methyl sites for hydroxylation is 1. The molecule has 0 atom stereocenters. The smallest absolute Gasteiger partial charge is 0.264 e. The maximum atomic E-state index is 12.2. The van der Waals surface area contributed by atoms with Crippen LogP contribution in [0.2, 0.25) is 0 Å². The highest BCUT2D eigenvalue weighted by Gasteiger charge is 2.18. The van der Waals surface area contributed by atoms with E-state index >= 15 is 0 Å². The minimum atomic E-state index is -3.75. The van der Waals surface area contributed by atoms with Gasteiger partial charge in [-0.25, -0.2) is 23.1 Å². The average Bonchev–Trinajstić information content (AvgIpc) is 2.35. The quantitative estimate of drug-likeness (QED) is 0.830. The summed E-state index contributed by atoms with van der Waals surface area (Å²) >= 11 is 3.17. The molecule has 6 nitrogen and oxygen atoms in total. The molecule has 100 valence electrons. The van der Waals surface area contributed by atoms with Crippen LogP contribution in [0.1, 0.15) is 5.56 Å². The average molecular weight is 343 g/mol. The van der Waals surface area contributed by atoms with E-state index < -0.39 is 10.0 Å². The van der Waals surface area contributed by atoms with E-state index in [0.717, 1.165) is 0 Å². The third-order valence-electron chi connectivity index (χ3n) is 2.35. The fourth-order valence-electron chi connectivity index (χ4n) is 1.45. The van der Waals surface area contributed by atoms with Crippen LogP contribution in [-0.4, -0.2) is 18.4 Å². The summed E-state index contributed by atoms with van der Waals surface area (Å²) in [5, 5.41) is 0. The van der Waals surface area contributed by atoms with Crippen molar-refractivity contribution in [3.05, 3.63) is 40.6 Å². The number of nitrogens with two attached hydrogens (primary N) is 1. The van der Waals surface area contributed by atoms with Crippen molar-refractivity contribution in [2.45, 2.75) is 11.8 Å². The highest BCUT2D eigenvalue weighted by atomic mass is 79.9. The molecule has 0 amide bonds. The second kappa shape index (κ2) is 5.14. The maximum Gasteiger partial charge on any atom is 0.264 e. The van der Waals surface area contributed by atoms with Crippen molar-refractivity contribution in [1.82, 2.24) is 9.97 Å². The van der Waals surface area contributed by atoms with Crippen LogP contribution in [0.15, 0.2) is 40.0 Å². The zero-order valence-electron chi connectivity index (χ0n) is 9.96. The van der Waals surface area contributed by atoms with Crippen molar-refractivity contribution in [3.8, 4) is 0 Å². The van der Waals surface area contributed by atoms with Gasteiger partial charge in [0, 0.05) is 18.1 Å². The lowest BCUT2D eigenvalue weighted by molar-refractivity contribution is 0.600. The van der Waals surface area contributed by atoms with Crippen molar-refractivity contribution in [2.24, 2.45) is 0 Å². The number of nitrogens with zero attached hydrogens (tertiary/aromatic N) is 2. The van der Waals surface area contributed by atoms with Gasteiger partial charge >= 0.3 is 0 Å². The predicted molar refractivity (Wildman–Crippen MR) is 76.1 cm³/mol. The Kier molecular flexibility index (Phi) is 3.72. The molecule has 1 aromatic heterocycles. The molecule has 0 unspecified atom stereocenters. The summed E-state index contributed by atoms with van der Waals surface area (Å²) in [6, 6.07) is 4.69. The van der Waals surface area contributed by atoms with Crippen molar-refractivity contribution >= 4 is 37.6 Å². The number of hydrogen-bond acceptors (Lipinski definition) is 5. The van der Waals surface area contributed by atoms with Gasteiger partial charge in [0.15, 0.2) is 0 Å². The summed E-state index contributed by atoms with van der Waals surface area (Å²) in [4.78, 5) is 7.83. The van der Waals surface area contributed by atoms with Crippen LogP contribution < -0.4 is 10.5 Å². The van der Waals surface area contributed by atoms with Crippen LogP contribution in [-0.2, 0) is 10.0 Å². The van der Waals surface area contributed by atoms with E-state index in [2.05, 4.69) is 30.6 Å². The highest BCUT2D eigenvalue weighted by molar-refractivity contribution is 9.10. The van der Waals surface area contributed by atoms with Gasteiger partial charge in [0.05, 0.1) is 9.37 Å². The molecule has 0 spiro atoms. The third-order valence-corrected chi connectivity index (χ3v) is 4.23. The Morgan fingerprint density at radius 3 is 2.53 bits per heavy atom. The Morgan fingerprint density at radius 2 is 1.89 bits per heavy atom. The first-order valence-electron chi connectivity index (χ1n) is 5.25. The van der Waals surface area contributed by atoms with E-state index in [1.54, 1.807) is 19.1 Å². The molecule has 0 aliphatic heterocycles. The topological polar surface area (TPSA) is 98.0 Å². The molecule has 1 heterocycles. The molecule has 0 radical (unpaired) electrons. The molecule has 2 aromatic rings. The van der Waals surface area contributed by atoms with Crippen molar-refractivity contribution in [1.29, 1.82) is 0 Å². The minimum Gasteiger partial charge on any atom is -0.399 e. The van der Waals surface area contributed by atoms with Crippen LogP contribution in [0, 0.1) is 6.92 Å². The van der Waals surface area contributed by atoms with E-state index in [4.69, 9.17) is 5.73 Å². The lowest BCUT2D eigenvalue weighted by Gasteiger charge is -2.09. The van der Waals surface area contributed by atoms with Gasteiger partial charge in [-0.1, -0.05) is 6.07 Å². The van der Waals surface area contributed by atoms with Crippen molar-refractivity contribution in [3.63, 3.8) is 0 Å². The molecule has 0 aliphatic carbocycles. The lowest BCUT2D eigenvalue weighted by Crippen LogP contribution is -2.16. The molecule has 8 heteroatoms. The number of anilines is 2. The Labute approximate surface area is 119 Å². The summed E-state index contributed by atoms with van der Waals surface area (Å²) in [5.74, 6) is 0.00465. The van der Waals surface area contributed by atoms with Crippen molar-refractivity contribution < 1.29 is 8.42 Å². The fourth-order valence-corrected chi connectivity index (χ4v) is 2.89. The first-order chi connectivity index (χ1) is 8.88. The highest BCUT2D eigenvalue weighted by Crippen LogP contribution is 2.20. The van der Waals surface area contributed by atoms with Gasteiger partial charge in [-0.3, -0.25) is 0 Å². The van der Waals surface area contributed by atoms with E-state index in [1.807, 2.05) is 0 Å². The molecule has 0 saturated carbocycles. The van der Waals surface area contributed by atoms with Crippen LogP contribution in [0.3, 0.4) is 0 Å². The standard InChI is InChI=1S/C11H11BrN4O2S/c1-7-2-3-9(13)4-10(7)19(17,18)16-11-14-5-8(12)6-15-11/h2-6H,13H2,1H3,(H,14,15,16). The molecule has 0 aliphatic rings. The second-order valence-corrected chi connectivity index (χ2v) is 6.42. The van der Waals surface area contributed by atoms with Gasteiger partial charge in [0.2, 0.25) is 5.95 Å². The Hall–Kier alpha value is -1.67. The number of aromatic nitrogens is 2. The SMILES string of the molecule is Cc1ccc(N)cc1S(=O)(=O)Nc1ncc(Br)cn1. The van der Waals surface area contributed by atoms with Crippen LogP contribution in [0.5, 0.6) is 0 Å². The number of hydrogen-bond donors (Lipinski definition) is 2. The van der Waals surface area contributed by atoms with Crippen LogP contribution >= 0.6 is 15.9 Å². The largest absolute Gasteiger partial charge is 0.399 e. The summed E-state index contributed by atoms with van der Waals surface area (Å²) < 4.78 is 27.4. The molecular formula is C11H11BrN4O2S.